The van der Waals surface area contributed by atoms with Crippen LogP contribution in [0.5, 0.6) is 0 Å². The van der Waals surface area contributed by atoms with Crippen LogP contribution in [0.15, 0.2) is 28.7 Å². The van der Waals surface area contributed by atoms with Crippen LogP contribution in [0.1, 0.15) is 43.2 Å². The molecule has 124 valence electrons. The minimum atomic E-state index is -0.0672. The molecule has 0 N–H and O–H groups in total. The SMILES string of the molecule is CCC1(C)CN(Cc2nnc(Cc3ccccc3C)o2)CCO1. The molecule has 1 unspecified atom stereocenters. The minimum absolute atomic E-state index is 0.0672. The van der Waals surface area contributed by atoms with E-state index in [9.17, 15) is 0 Å². The first-order valence-corrected chi connectivity index (χ1v) is 8.30. The Kier molecular flexibility index (Phi) is 4.78. The van der Waals surface area contributed by atoms with E-state index in [1.807, 2.05) is 12.1 Å². The number of morpholine rings is 1. The summed E-state index contributed by atoms with van der Waals surface area (Å²) in [7, 11) is 0. The predicted molar refractivity (Wildman–Crippen MR) is 88.2 cm³/mol. The van der Waals surface area contributed by atoms with Crippen molar-refractivity contribution in [1.82, 2.24) is 15.1 Å². The summed E-state index contributed by atoms with van der Waals surface area (Å²) in [5.41, 5.74) is 2.41. The Balaban J connectivity index is 1.62. The quantitative estimate of drug-likeness (QED) is 0.849. The average molecular weight is 315 g/mol. The molecule has 5 nitrogen and oxygen atoms in total. The maximum atomic E-state index is 5.87. The topological polar surface area (TPSA) is 51.4 Å². The molecule has 0 amide bonds. The zero-order valence-corrected chi connectivity index (χ0v) is 14.2. The molecule has 2 aromatic rings. The van der Waals surface area contributed by atoms with Crippen molar-refractivity contribution in [2.75, 3.05) is 19.7 Å². The Labute approximate surface area is 137 Å². The average Bonchev–Trinajstić information content (AvgIpc) is 2.97. The molecule has 1 saturated heterocycles. The van der Waals surface area contributed by atoms with Gasteiger partial charge < -0.3 is 9.15 Å². The van der Waals surface area contributed by atoms with Gasteiger partial charge in [0.15, 0.2) is 0 Å². The summed E-state index contributed by atoms with van der Waals surface area (Å²) >= 11 is 0. The van der Waals surface area contributed by atoms with Gasteiger partial charge in [0, 0.05) is 13.1 Å². The summed E-state index contributed by atoms with van der Waals surface area (Å²) in [5, 5.41) is 8.41. The van der Waals surface area contributed by atoms with E-state index in [1.165, 1.54) is 11.1 Å². The third kappa shape index (κ3) is 3.98. The lowest BCUT2D eigenvalue weighted by atomic mass is 10.0. The number of aryl methyl sites for hydroxylation is 1. The predicted octanol–water partition coefficient (Wildman–Crippen LogP) is 2.97. The number of ether oxygens (including phenoxy) is 1. The lowest BCUT2D eigenvalue weighted by Crippen LogP contribution is -2.49. The maximum absolute atomic E-state index is 5.87. The lowest BCUT2D eigenvalue weighted by Gasteiger charge is -2.39. The highest BCUT2D eigenvalue weighted by molar-refractivity contribution is 5.27. The van der Waals surface area contributed by atoms with Crippen molar-refractivity contribution >= 4 is 0 Å². The molecule has 1 aliphatic heterocycles. The van der Waals surface area contributed by atoms with E-state index in [0.29, 0.717) is 24.7 Å². The summed E-state index contributed by atoms with van der Waals surface area (Å²) in [6.07, 6.45) is 1.70. The second-order valence-electron chi connectivity index (χ2n) is 6.56. The number of rotatable bonds is 5. The summed E-state index contributed by atoms with van der Waals surface area (Å²) in [6.45, 7) is 9.69. The van der Waals surface area contributed by atoms with E-state index < -0.39 is 0 Å². The van der Waals surface area contributed by atoms with Gasteiger partial charge in [0.2, 0.25) is 11.8 Å². The third-order valence-electron chi connectivity index (χ3n) is 4.63. The molecule has 0 radical (unpaired) electrons. The molecule has 1 aromatic heterocycles. The molecule has 0 saturated carbocycles. The number of aromatic nitrogens is 2. The number of nitrogens with zero attached hydrogens (tertiary/aromatic N) is 3. The second-order valence-corrected chi connectivity index (χ2v) is 6.56. The van der Waals surface area contributed by atoms with Crippen molar-refractivity contribution in [1.29, 1.82) is 0 Å². The Morgan fingerprint density at radius 2 is 2.00 bits per heavy atom. The Morgan fingerprint density at radius 1 is 1.22 bits per heavy atom. The zero-order chi connectivity index (χ0) is 16.3. The zero-order valence-electron chi connectivity index (χ0n) is 14.2. The van der Waals surface area contributed by atoms with E-state index >= 15 is 0 Å². The van der Waals surface area contributed by atoms with Crippen LogP contribution in [0.25, 0.3) is 0 Å². The number of hydrogen-bond acceptors (Lipinski definition) is 5. The fraction of sp³-hybridized carbons (Fsp3) is 0.556. The molecule has 0 spiro atoms. The van der Waals surface area contributed by atoms with Gasteiger partial charge >= 0.3 is 0 Å². The van der Waals surface area contributed by atoms with E-state index in [-0.39, 0.29) is 5.60 Å². The van der Waals surface area contributed by atoms with Gasteiger partial charge in [-0.15, -0.1) is 10.2 Å². The summed E-state index contributed by atoms with van der Waals surface area (Å²) < 4.78 is 11.7. The van der Waals surface area contributed by atoms with E-state index in [2.05, 4.69) is 48.0 Å². The molecule has 0 aliphatic carbocycles. The molecule has 2 heterocycles. The molecule has 1 aromatic carbocycles. The normalized spacial score (nSPS) is 22.4. The van der Waals surface area contributed by atoms with Crippen LogP contribution in [0.2, 0.25) is 0 Å². The van der Waals surface area contributed by atoms with Gasteiger partial charge in [0.1, 0.15) is 0 Å². The Hall–Kier alpha value is -1.72. The third-order valence-corrected chi connectivity index (χ3v) is 4.63. The van der Waals surface area contributed by atoms with Crippen molar-refractivity contribution in [2.24, 2.45) is 0 Å². The largest absolute Gasteiger partial charge is 0.424 e. The maximum Gasteiger partial charge on any atom is 0.230 e. The fourth-order valence-corrected chi connectivity index (χ4v) is 2.95. The van der Waals surface area contributed by atoms with Crippen LogP contribution in [0.4, 0.5) is 0 Å². The highest BCUT2D eigenvalue weighted by atomic mass is 16.5. The molecular formula is C18H25N3O2. The van der Waals surface area contributed by atoms with E-state index in [0.717, 1.165) is 26.1 Å². The van der Waals surface area contributed by atoms with Crippen LogP contribution >= 0.6 is 0 Å². The van der Waals surface area contributed by atoms with Gasteiger partial charge in [-0.05, 0) is 31.4 Å². The molecule has 0 bridgehead atoms. The Morgan fingerprint density at radius 3 is 2.78 bits per heavy atom. The van der Waals surface area contributed by atoms with Crippen molar-refractivity contribution in [3.8, 4) is 0 Å². The molecule has 1 fully saturated rings. The Bertz CT molecular complexity index is 655. The van der Waals surface area contributed by atoms with Gasteiger partial charge in [-0.3, -0.25) is 4.90 Å². The molecule has 23 heavy (non-hydrogen) atoms. The van der Waals surface area contributed by atoms with Gasteiger partial charge in [-0.1, -0.05) is 31.2 Å². The van der Waals surface area contributed by atoms with Gasteiger partial charge in [0.05, 0.1) is 25.2 Å². The van der Waals surface area contributed by atoms with Crippen LogP contribution in [0, 0.1) is 6.92 Å². The van der Waals surface area contributed by atoms with Crippen LogP contribution < -0.4 is 0 Å². The minimum Gasteiger partial charge on any atom is -0.424 e. The molecule has 5 heteroatoms. The lowest BCUT2D eigenvalue weighted by molar-refractivity contribution is -0.103. The molecule has 1 atom stereocenters. The highest BCUT2D eigenvalue weighted by Crippen LogP contribution is 2.22. The first-order chi connectivity index (χ1) is 11.1. The van der Waals surface area contributed by atoms with E-state index in [1.54, 1.807) is 0 Å². The summed E-state index contributed by atoms with van der Waals surface area (Å²) in [6, 6.07) is 8.29. The van der Waals surface area contributed by atoms with Crippen molar-refractivity contribution in [3.63, 3.8) is 0 Å². The van der Waals surface area contributed by atoms with E-state index in [4.69, 9.17) is 9.15 Å². The fourth-order valence-electron chi connectivity index (χ4n) is 2.95. The number of benzene rings is 1. The standard InChI is InChI=1S/C18H25N3O2/c1-4-18(3)13-21(9-10-22-18)12-17-20-19-16(23-17)11-15-8-6-5-7-14(15)2/h5-8H,4,9-13H2,1-3H3. The summed E-state index contributed by atoms with van der Waals surface area (Å²) in [5.74, 6) is 1.37. The molecular weight excluding hydrogens is 290 g/mol. The first-order valence-electron chi connectivity index (χ1n) is 8.30. The van der Waals surface area contributed by atoms with Crippen LogP contribution in [0.3, 0.4) is 0 Å². The molecule has 3 rings (SSSR count). The van der Waals surface area contributed by atoms with Gasteiger partial charge in [0.25, 0.3) is 0 Å². The molecule has 1 aliphatic rings. The van der Waals surface area contributed by atoms with Gasteiger partial charge in [-0.2, -0.15) is 0 Å². The second kappa shape index (κ2) is 6.81. The number of hydrogen-bond donors (Lipinski definition) is 0. The monoisotopic (exact) mass is 315 g/mol. The van der Waals surface area contributed by atoms with Crippen LogP contribution in [-0.4, -0.2) is 40.4 Å². The van der Waals surface area contributed by atoms with Crippen molar-refractivity contribution in [2.45, 2.75) is 45.8 Å². The van der Waals surface area contributed by atoms with Gasteiger partial charge in [-0.25, -0.2) is 0 Å². The van der Waals surface area contributed by atoms with Crippen molar-refractivity contribution in [3.05, 3.63) is 47.2 Å². The van der Waals surface area contributed by atoms with Crippen LogP contribution in [-0.2, 0) is 17.7 Å². The first kappa shape index (κ1) is 16.1. The summed E-state index contributed by atoms with van der Waals surface area (Å²) in [4.78, 5) is 2.33. The smallest absolute Gasteiger partial charge is 0.230 e. The highest BCUT2D eigenvalue weighted by Gasteiger charge is 2.30. The van der Waals surface area contributed by atoms with Crippen molar-refractivity contribution < 1.29 is 9.15 Å².